The van der Waals surface area contributed by atoms with Gasteiger partial charge in [-0.05, 0) is 42.0 Å². The Balaban J connectivity index is 1.60. The predicted molar refractivity (Wildman–Crippen MR) is 92.5 cm³/mol. The lowest BCUT2D eigenvalue weighted by atomic mass is 10.2. The molecule has 0 saturated heterocycles. The SMILES string of the molecule is COc1ccc2nc(/C=C/c3ccc4c(c3)OCCO4)sc2c1. The van der Waals surface area contributed by atoms with Gasteiger partial charge in [0, 0.05) is 0 Å². The van der Waals surface area contributed by atoms with E-state index in [4.69, 9.17) is 14.2 Å². The quantitative estimate of drug-likeness (QED) is 0.722. The van der Waals surface area contributed by atoms with Crippen LogP contribution in [-0.4, -0.2) is 25.3 Å². The zero-order valence-corrected chi connectivity index (χ0v) is 13.4. The minimum Gasteiger partial charge on any atom is -0.497 e. The fourth-order valence-corrected chi connectivity index (χ4v) is 3.35. The first-order valence-electron chi connectivity index (χ1n) is 7.34. The van der Waals surface area contributed by atoms with Crippen LogP contribution in [0, 0.1) is 0 Å². The zero-order valence-electron chi connectivity index (χ0n) is 12.6. The van der Waals surface area contributed by atoms with E-state index in [9.17, 15) is 0 Å². The van der Waals surface area contributed by atoms with Gasteiger partial charge in [0.1, 0.15) is 24.0 Å². The fourth-order valence-electron chi connectivity index (χ4n) is 2.45. The minimum absolute atomic E-state index is 0.597. The molecule has 0 spiro atoms. The van der Waals surface area contributed by atoms with Gasteiger partial charge in [-0.3, -0.25) is 0 Å². The van der Waals surface area contributed by atoms with Crippen LogP contribution in [0.3, 0.4) is 0 Å². The van der Waals surface area contributed by atoms with Gasteiger partial charge in [0.2, 0.25) is 0 Å². The van der Waals surface area contributed by atoms with E-state index in [0.29, 0.717) is 13.2 Å². The van der Waals surface area contributed by atoms with Crippen molar-refractivity contribution in [2.24, 2.45) is 0 Å². The smallest absolute Gasteiger partial charge is 0.161 e. The van der Waals surface area contributed by atoms with E-state index in [1.54, 1.807) is 18.4 Å². The Morgan fingerprint density at radius 2 is 1.91 bits per heavy atom. The second kappa shape index (κ2) is 5.93. The van der Waals surface area contributed by atoms with Crippen molar-refractivity contribution in [2.75, 3.05) is 20.3 Å². The number of nitrogens with zero attached hydrogens (tertiary/aromatic N) is 1. The third-order valence-electron chi connectivity index (χ3n) is 3.60. The molecule has 0 N–H and O–H groups in total. The maximum absolute atomic E-state index is 5.60. The number of methoxy groups -OCH3 is 1. The van der Waals surface area contributed by atoms with E-state index in [1.807, 2.05) is 48.6 Å². The van der Waals surface area contributed by atoms with Gasteiger partial charge in [-0.15, -0.1) is 11.3 Å². The van der Waals surface area contributed by atoms with Crippen molar-refractivity contribution in [2.45, 2.75) is 0 Å². The van der Waals surface area contributed by atoms with Crippen molar-refractivity contribution in [1.29, 1.82) is 0 Å². The Morgan fingerprint density at radius 3 is 2.78 bits per heavy atom. The first kappa shape index (κ1) is 14.1. The van der Waals surface area contributed by atoms with E-state index in [1.165, 1.54) is 0 Å². The average molecular weight is 325 g/mol. The number of benzene rings is 2. The molecule has 0 unspecified atom stereocenters. The average Bonchev–Trinajstić information content (AvgIpc) is 3.01. The summed E-state index contributed by atoms with van der Waals surface area (Å²) in [5.74, 6) is 2.46. The third-order valence-corrected chi connectivity index (χ3v) is 4.58. The number of aromatic nitrogens is 1. The highest BCUT2D eigenvalue weighted by Gasteiger charge is 2.10. The van der Waals surface area contributed by atoms with Crippen molar-refractivity contribution in [1.82, 2.24) is 4.98 Å². The van der Waals surface area contributed by atoms with Crippen LogP contribution >= 0.6 is 11.3 Å². The zero-order chi connectivity index (χ0) is 15.6. The molecular weight excluding hydrogens is 310 g/mol. The third kappa shape index (κ3) is 2.87. The summed E-state index contributed by atoms with van der Waals surface area (Å²) in [5, 5.41) is 0.961. The number of fused-ring (bicyclic) bond motifs is 2. The van der Waals surface area contributed by atoms with E-state index in [0.717, 1.165) is 38.0 Å². The van der Waals surface area contributed by atoms with Crippen LogP contribution in [0.5, 0.6) is 17.2 Å². The van der Waals surface area contributed by atoms with Gasteiger partial charge in [0.15, 0.2) is 11.5 Å². The molecule has 0 radical (unpaired) electrons. The molecule has 5 heteroatoms. The van der Waals surface area contributed by atoms with E-state index >= 15 is 0 Å². The summed E-state index contributed by atoms with van der Waals surface area (Å²) < 4.78 is 17.5. The molecule has 0 atom stereocenters. The highest BCUT2D eigenvalue weighted by molar-refractivity contribution is 7.19. The van der Waals surface area contributed by atoms with Gasteiger partial charge in [-0.2, -0.15) is 0 Å². The highest BCUT2D eigenvalue weighted by atomic mass is 32.1. The fraction of sp³-hybridized carbons (Fsp3) is 0.167. The lowest BCUT2D eigenvalue weighted by Crippen LogP contribution is -2.15. The summed E-state index contributed by atoms with van der Waals surface area (Å²) in [6, 6.07) is 11.9. The molecule has 0 saturated carbocycles. The summed E-state index contributed by atoms with van der Waals surface area (Å²) in [7, 11) is 1.67. The molecule has 1 aromatic heterocycles. The molecule has 1 aliphatic heterocycles. The molecular formula is C18H15NO3S. The monoisotopic (exact) mass is 325 g/mol. The van der Waals surface area contributed by atoms with Crippen molar-refractivity contribution >= 4 is 33.7 Å². The molecule has 116 valence electrons. The normalized spacial score (nSPS) is 13.6. The number of ether oxygens (including phenoxy) is 3. The van der Waals surface area contributed by atoms with Gasteiger partial charge in [0.25, 0.3) is 0 Å². The molecule has 4 rings (SSSR count). The predicted octanol–water partition coefficient (Wildman–Crippen LogP) is 4.25. The molecule has 0 bridgehead atoms. The largest absolute Gasteiger partial charge is 0.497 e. The van der Waals surface area contributed by atoms with Crippen LogP contribution < -0.4 is 14.2 Å². The maximum Gasteiger partial charge on any atom is 0.161 e. The van der Waals surface area contributed by atoms with Gasteiger partial charge < -0.3 is 14.2 Å². The van der Waals surface area contributed by atoms with Crippen molar-refractivity contribution in [3.05, 3.63) is 47.0 Å². The first-order chi connectivity index (χ1) is 11.3. The topological polar surface area (TPSA) is 40.6 Å². The van der Waals surface area contributed by atoms with Crippen molar-refractivity contribution in [3.8, 4) is 17.2 Å². The Hall–Kier alpha value is -2.53. The molecule has 2 aromatic carbocycles. The number of hydrogen-bond donors (Lipinski definition) is 0. The molecule has 0 fully saturated rings. The number of hydrogen-bond acceptors (Lipinski definition) is 5. The van der Waals surface area contributed by atoms with Gasteiger partial charge in [-0.1, -0.05) is 12.1 Å². The van der Waals surface area contributed by atoms with Crippen molar-refractivity contribution < 1.29 is 14.2 Å². The Labute approximate surface area is 138 Å². The van der Waals surface area contributed by atoms with Crippen LogP contribution in [0.25, 0.3) is 22.4 Å². The maximum atomic E-state index is 5.60. The Morgan fingerprint density at radius 1 is 1.04 bits per heavy atom. The second-order valence-electron chi connectivity index (χ2n) is 5.12. The van der Waals surface area contributed by atoms with Crippen molar-refractivity contribution in [3.63, 3.8) is 0 Å². The lowest BCUT2D eigenvalue weighted by molar-refractivity contribution is 0.171. The summed E-state index contributed by atoms with van der Waals surface area (Å²) in [6.07, 6.45) is 4.05. The summed E-state index contributed by atoms with van der Waals surface area (Å²) >= 11 is 1.64. The molecule has 2 heterocycles. The molecule has 1 aliphatic rings. The second-order valence-corrected chi connectivity index (χ2v) is 6.18. The van der Waals surface area contributed by atoms with Crippen LogP contribution in [0.2, 0.25) is 0 Å². The Kier molecular flexibility index (Phi) is 3.63. The van der Waals surface area contributed by atoms with Crippen LogP contribution in [0.1, 0.15) is 10.6 Å². The highest BCUT2D eigenvalue weighted by Crippen LogP contribution is 2.32. The van der Waals surface area contributed by atoms with Crippen LogP contribution in [-0.2, 0) is 0 Å². The lowest BCUT2D eigenvalue weighted by Gasteiger charge is -2.18. The molecule has 23 heavy (non-hydrogen) atoms. The van der Waals surface area contributed by atoms with E-state index < -0.39 is 0 Å². The van der Waals surface area contributed by atoms with E-state index in [2.05, 4.69) is 4.98 Å². The van der Waals surface area contributed by atoms with Gasteiger partial charge >= 0.3 is 0 Å². The summed E-state index contributed by atoms with van der Waals surface area (Å²) in [6.45, 7) is 1.21. The van der Waals surface area contributed by atoms with Gasteiger partial charge in [0.05, 0.1) is 17.3 Å². The Bertz CT molecular complexity index is 885. The van der Waals surface area contributed by atoms with Crippen LogP contribution in [0.15, 0.2) is 36.4 Å². The molecule has 0 aliphatic carbocycles. The molecule has 0 amide bonds. The van der Waals surface area contributed by atoms with Gasteiger partial charge in [-0.25, -0.2) is 4.98 Å². The molecule has 3 aromatic rings. The first-order valence-corrected chi connectivity index (χ1v) is 8.16. The standard InChI is InChI=1S/C18H15NO3S/c1-20-13-4-5-14-17(11-13)23-18(19-14)7-3-12-2-6-15-16(10-12)22-9-8-21-15/h2-7,10-11H,8-9H2,1H3/b7-3+. The summed E-state index contributed by atoms with van der Waals surface area (Å²) in [4.78, 5) is 4.61. The van der Waals surface area contributed by atoms with E-state index in [-0.39, 0.29) is 0 Å². The number of rotatable bonds is 3. The van der Waals surface area contributed by atoms with Crippen LogP contribution in [0.4, 0.5) is 0 Å². The number of thiazole rings is 1. The molecule has 4 nitrogen and oxygen atoms in total. The summed E-state index contributed by atoms with van der Waals surface area (Å²) in [5.41, 5.74) is 2.05. The minimum atomic E-state index is 0.597.